The van der Waals surface area contributed by atoms with Gasteiger partial charge in [0.15, 0.2) is 0 Å². The van der Waals surface area contributed by atoms with E-state index in [1.165, 1.54) is 25.7 Å². The van der Waals surface area contributed by atoms with Gasteiger partial charge in [-0.15, -0.1) is 0 Å². The van der Waals surface area contributed by atoms with E-state index >= 15 is 0 Å². The van der Waals surface area contributed by atoms with Crippen molar-refractivity contribution in [2.75, 3.05) is 12.5 Å². The number of imidazole rings is 1. The van der Waals surface area contributed by atoms with Gasteiger partial charge in [0.1, 0.15) is 5.75 Å². The van der Waals surface area contributed by atoms with Crippen LogP contribution in [-0.2, 0) is 0 Å². The molecule has 0 aliphatic heterocycles. The molecule has 0 radical (unpaired) electrons. The van der Waals surface area contributed by atoms with E-state index in [2.05, 4.69) is 15.0 Å². The van der Waals surface area contributed by atoms with Gasteiger partial charge in [0.05, 0.1) is 18.1 Å². The number of nitrogens with one attached hydrogen (secondary N) is 1. The smallest absolute Gasteiger partial charge is 0.218 e. The molecule has 2 aromatic rings. The summed E-state index contributed by atoms with van der Waals surface area (Å²) in [5, 5.41) is 0. The number of hydrazine groups is 1. The standard InChI is InChI=1S/C13H18N4O/c1-18-10-6-7-11-12(8-10)17(13(15-11)16-14)9-4-2-3-5-9/h6-9H,2-5,14H2,1H3,(H,15,16). The van der Waals surface area contributed by atoms with Gasteiger partial charge in [-0.25, -0.2) is 10.8 Å². The van der Waals surface area contributed by atoms with Crippen LogP contribution in [0.1, 0.15) is 31.7 Å². The minimum Gasteiger partial charge on any atom is -0.497 e. The molecule has 3 N–H and O–H groups in total. The number of nitrogens with two attached hydrogens (primary N) is 1. The lowest BCUT2D eigenvalue weighted by Gasteiger charge is -2.15. The number of ether oxygens (including phenoxy) is 1. The van der Waals surface area contributed by atoms with Crippen molar-refractivity contribution in [1.82, 2.24) is 9.55 Å². The van der Waals surface area contributed by atoms with E-state index < -0.39 is 0 Å². The number of nitrogen functional groups attached to an aromatic ring is 1. The summed E-state index contributed by atoms with van der Waals surface area (Å²) in [7, 11) is 1.68. The first-order valence-corrected chi connectivity index (χ1v) is 6.36. The fourth-order valence-electron chi connectivity index (χ4n) is 2.83. The number of hydrogen-bond donors (Lipinski definition) is 2. The number of methoxy groups -OCH3 is 1. The highest BCUT2D eigenvalue weighted by Crippen LogP contribution is 2.35. The van der Waals surface area contributed by atoms with Crippen LogP contribution in [-0.4, -0.2) is 16.7 Å². The lowest BCUT2D eigenvalue weighted by molar-refractivity contribution is 0.415. The third-order valence-corrected chi connectivity index (χ3v) is 3.72. The second-order valence-corrected chi connectivity index (χ2v) is 4.74. The van der Waals surface area contributed by atoms with Crippen LogP contribution < -0.4 is 16.0 Å². The summed E-state index contributed by atoms with van der Waals surface area (Å²) >= 11 is 0. The van der Waals surface area contributed by atoms with E-state index in [9.17, 15) is 0 Å². The van der Waals surface area contributed by atoms with E-state index in [0.717, 1.165) is 22.7 Å². The van der Waals surface area contributed by atoms with Crippen molar-refractivity contribution in [3.8, 4) is 5.75 Å². The summed E-state index contributed by atoms with van der Waals surface area (Å²) in [5.74, 6) is 7.18. The molecule has 1 aromatic heterocycles. The Hall–Kier alpha value is -1.75. The van der Waals surface area contributed by atoms with Gasteiger partial charge >= 0.3 is 0 Å². The van der Waals surface area contributed by atoms with Crippen LogP contribution in [0, 0.1) is 0 Å². The Morgan fingerprint density at radius 1 is 1.39 bits per heavy atom. The molecular formula is C13H18N4O. The fraction of sp³-hybridized carbons (Fsp3) is 0.462. The maximum atomic E-state index is 5.59. The lowest BCUT2D eigenvalue weighted by Crippen LogP contribution is -2.15. The Kier molecular flexibility index (Phi) is 2.83. The van der Waals surface area contributed by atoms with E-state index in [1.54, 1.807) is 7.11 Å². The van der Waals surface area contributed by atoms with Crippen LogP contribution in [0.2, 0.25) is 0 Å². The number of benzene rings is 1. The molecule has 0 bridgehead atoms. The van der Waals surface area contributed by atoms with Crippen LogP contribution in [0.15, 0.2) is 18.2 Å². The molecule has 0 atom stereocenters. The van der Waals surface area contributed by atoms with E-state index in [4.69, 9.17) is 10.6 Å². The highest BCUT2D eigenvalue weighted by molar-refractivity contribution is 5.80. The van der Waals surface area contributed by atoms with Crippen molar-refractivity contribution in [3.63, 3.8) is 0 Å². The van der Waals surface area contributed by atoms with E-state index in [0.29, 0.717) is 6.04 Å². The van der Waals surface area contributed by atoms with Crippen LogP contribution in [0.5, 0.6) is 5.75 Å². The third kappa shape index (κ3) is 1.71. The predicted octanol–water partition coefficient (Wildman–Crippen LogP) is 2.45. The van der Waals surface area contributed by atoms with Gasteiger partial charge in [-0.05, 0) is 25.0 Å². The van der Waals surface area contributed by atoms with Crippen molar-refractivity contribution in [2.45, 2.75) is 31.7 Å². The van der Waals surface area contributed by atoms with Crippen molar-refractivity contribution in [3.05, 3.63) is 18.2 Å². The maximum absolute atomic E-state index is 5.59. The van der Waals surface area contributed by atoms with Gasteiger partial charge in [0.25, 0.3) is 0 Å². The number of nitrogens with zero attached hydrogens (tertiary/aromatic N) is 2. The number of anilines is 1. The van der Waals surface area contributed by atoms with Gasteiger partial charge in [0, 0.05) is 12.1 Å². The Morgan fingerprint density at radius 2 is 2.17 bits per heavy atom. The molecule has 1 saturated carbocycles. The molecule has 18 heavy (non-hydrogen) atoms. The minimum atomic E-state index is 0.494. The Morgan fingerprint density at radius 3 is 2.83 bits per heavy atom. The summed E-state index contributed by atoms with van der Waals surface area (Å²) in [6.45, 7) is 0. The zero-order chi connectivity index (χ0) is 12.5. The first kappa shape index (κ1) is 11.3. The van der Waals surface area contributed by atoms with Crippen molar-refractivity contribution >= 4 is 17.0 Å². The summed E-state index contributed by atoms with van der Waals surface area (Å²) in [5.41, 5.74) is 4.76. The largest absolute Gasteiger partial charge is 0.497 e. The fourth-order valence-corrected chi connectivity index (χ4v) is 2.83. The molecule has 1 aliphatic carbocycles. The predicted molar refractivity (Wildman–Crippen MR) is 71.6 cm³/mol. The van der Waals surface area contributed by atoms with Crippen molar-refractivity contribution < 1.29 is 4.74 Å². The summed E-state index contributed by atoms with van der Waals surface area (Å²) in [4.78, 5) is 4.52. The zero-order valence-corrected chi connectivity index (χ0v) is 10.5. The van der Waals surface area contributed by atoms with Gasteiger partial charge < -0.3 is 9.30 Å². The first-order valence-electron chi connectivity index (χ1n) is 6.36. The summed E-state index contributed by atoms with van der Waals surface area (Å²) in [6, 6.07) is 6.42. The average molecular weight is 246 g/mol. The molecule has 0 saturated heterocycles. The quantitative estimate of drug-likeness (QED) is 0.645. The molecule has 1 fully saturated rings. The molecule has 0 amide bonds. The SMILES string of the molecule is COc1ccc2nc(NN)n(C3CCCC3)c2c1. The van der Waals surface area contributed by atoms with Crippen molar-refractivity contribution in [2.24, 2.45) is 5.84 Å². The van der Waals surface area contributed by atoms with Crippen LogP contribution in [0.3, 0.4) is 0 Å². The molecule has 1 aromatic carbocycles. The molecule has 5 heteroatoms. The molecule has 0 unspecified atom stereocenters. The summed E-state index contributed by atoms with van der Waals surface area (Å²) < 4.78 is 7.50. The highest BCUT2D eigenvalue weighted by Gasteiger charge is 2.22. The second-order valence-electron chi connectivity index (χ2n) is 4.74. The lowest BCUT2D eigenvalue weighted by atomic mass is 10.2. The molecule has 1 heterocycles. The molecule has 0 spiro atoms. The highest BCUT2D eigenvalue weighted by atomic mass is 16.5. The zero-order valence-electron chi connectivity index (χ0n) is 10.5. The van der Waals surface area contributed by atoms with E-state index in [-0.39, 0.29) is 0 Å². The Labute approximate surface area is 106 Å². The molecule has 5 nitrogen and oxygen atoms in total. The maximum Gasteiger partial charge on any atom is 0.218 e. The Balaban J connectivity index is 2.17. The van der Waals surface area contributed by atoms with Crippen LogP contribution in [0.25, 0.3) is 11.0 Å². The van der Waals surface area contributed by atoms with Crippen LogP contribution in [0.4, 0.5) is 5.95 Å². The molecule has 96 valence electrons. The minimum absolute atomic E-state index is 0.494. The first-order chi connectivity index (χ1) is 8.83. The molecule has 3 rings (SSSR count). The summed E-state index contributed by atoms with van der Waals surface area (Å²) in [6.07, 6.45) is 4.94. The van der Waals surface area contributed by atoms with Crippen LogP contribution >= 0.6 is 0 Å². The van der Waals surface area contributed by atoms with Gasteiger partial charge in [-0.2, -0.15) is 0 Å². The normalized spacial score (nSPS) is 16.3. The molecule has 1 aliphatic rings. The number of rotatable bonds is 3. The van der Waals surface area contributed by atoms with E-state index in [1.807, 2.05) is 18.2 Å². The molecular weight excluding hydrogens is 228 g/mol. The average Bonchev–Trinajstić information content (AvgIpc) is 3.03. The number of aromatic nitrogens is 2. The topological polar surface area (TPSA) is 65.1 Å². The van der Waals surface area contributed by atoms with Crippen molar-refractivity contribution in [1.29, 1.82) is 0 Å². The number of fused-ring (bicyclic) bond motifs is 1. The monoisotopic (exact) mass is 246 g/mol. The Bertz CT molecular complexity index is 557. The third-order valence-electron chi connectivity index (χ3n) is 3.72. The van der Waals surface area contributed by atoms with Gasteiger partial charge in [-0.3, -0.25) is 5.43 Å². The van der Waals surface area contributed by atoms with Gasteiger partial charge in [0.2, 0.25) is 5.95 Å². The van der Waals surface area contributed by atoms with Gasteiger partial charge in [-0.1, -0.05) is 12.8 Å². The second kappa shape index (κ2) is 4.49. The number of hydrogen-bond acceptors (Lipinski definition) is 4.